The van der Waals surface area contributed by atoms with Gasteiger partial charge in [-0.1, -0.05) is 6.07 Å². The van der Waals surface area contributed by atoms with Gasteiger partial charge in [-0.15, -0.1) is 0 Å². The number of amides is 3. The van der Waals surface area contributed by atoms with Crippen LogP contribution in [0.25, 0.3) is 0 Å². The summed E-state index contributed by atoms with van der Waals surface area (Å²) in [6.07, 6.45) is 5.02. The van der Waals surface area contributed by atoms with Gasteiger partial charge in [0.15, 0.2) is 0 Å². The van der Waals surface area contributed by atoms with E-state index in [1.54, 1.807) is 51.4 Å². The molecule has 0 bridgehead atoms. The third-order valence-corrected chi connectivity index (χ3v) is 7.76. The summed E-state index contributed by atoms with van der Waals surface area (Å²) in [5, 5.41) is 2.94. The maximum Gasteiger partial charge on any atom is 0.256 e. The van der Waals surface area contributed by atoms with Crippen LogP contribution in [0.3, 0.4) is 0 Å². The Morgan fingerprint density at radius 1 is 1.12 bits per heavy atom. The van der Waals surface area contributed by atoms with Gasteiger partial charge in [-0.2, -0.15) is 0 Å². The first-order valence-corrected chi connectivity index (χ1v) is 13.5. The van der Waals surface area contributed by atoms with Crippen LogP contribution in [0.15, 0.2) is 53.7 Å². The predicted octanol–water partition coefficient (Wildman–Crippen LogP) is 2.80. The predicted molar refractivity (Wildman–Crippen MR) is 154 cm³/mol. The van der Waals surface area contributed by atoms with E-state index in [4.69, 9.17) is 5.73 Å². The number of piperidine rings is 1. The molecule has 9 nitrogen and oxygen atoms in total. The molecule has 0 saturated carbocycles. The van der Waals surface area contributed by atoms with Crippen LogP contribution < -0.4 is 16.0 Å². The van der Waals surface area contributed by atoms with Crippen molar-refractivity contribution >= 4 is 29.1 Å². The van der Waals surface area contributed by atoms with Crippen molar-refractivity contribution in [2.24, 2.45) is 16.6 Å². The topological polar surface area (TPSA) is 111 Å². The van der Waals surface area contributed by atoms with Crippen LogP contribution in [0.4, 0.5) is 10.1 Å². The molecule has 10 heteroatoms. The van der Waals surface area contributed by atoms with Crippen molar-refractivity contribution in [3.05, 3.63) is 76.7 Å². The zero-order chi connectivity index (χ0) is 29.0. The molecule has 3 amide bonds. The van der Waals surface area contributed by atoms with E-state index >= 15 is 0 Å². The standard InChI is InChI=1S/C30H37FN6O3/c1-19-29(39)36(4)27-16-22(26(33-2)7-10-32)5-6-25(27)30(40)37(19)18-21-13-23(15-24(31)14-21)28(38)34-17-20-8-11-35(3)12-9-20/h5-7,10,13-16,19-20H,8-9,11-12,17-18,32H2,1-4H3,(H,34,38)/t19-/m1/s1. The lowest BCUT2D eigenvalue weighted by molar-refractivity contribution is -0.122. The van der Waals surface area contributed by atoms with Gasteiger partial charge < -0.3 is 25.8 Å². The van der Waals surface area contributed by atoms with Gasteiger partial charge >= 0.3 is 0 Å². The fraction of sp³-hybridized carbons (Fsp3) is 0.400. The lowest BCUT2D eigenvalue weighted by atomic mass is 9.97. The number of carbonyl (C=O) groups is 3. The second kappa shape index (κ2) is 12.4. The minimum atomic E-state index is -0.818. The number of fused-ring (bicyclic) bond motifs is 1. The monoisotopic (exact) mass is 548 g/mol. The van der Waals surface area contributed by atoms with E-state index in [1.807, 2.05) is 0 Å². The number of anilines is 1. The van der Waals surface area contributed by atoms with E-state index < -0.39 is 11.9 Å². The number of allylic oxidation sites excluding steroid dienone is 1. The number of benzene rings is 2. The average Bonchev–Trinajstić information content (AvgIpc) is 3.01. The van der Waals surface area contributed by atoms with Gasteiger partial charge in [0.1, 0.15) is 11.9 Å². The van der Waals surface area contributed by atoms with Crippen LogP contribution >= 0.6 is 0 Å². The van der Waals surface area contributed by atoms with Crippen LogP contribution in [0.1, 0.15) is 51.6 Å². The summed E-state index contributed by atoms with van der Waals surface area (Å²) in [4.78, 5) is 49.3. The summed E-state index contributed by atoms with van der Waals surface area (Å²) in [6.45, 7) is 4.12. The summed E-state index contributed by atoms with van der Waals surface area (Å²) in [6, 6.07) is 8.39. The van der Waals surface area contributed by atoms with Crippen molar-refractivity contribution in [2.45, 2.75) is 32.4 Å². The molecule has 212 valence electrons. The number of hydrogen-bond acceptors (Lipinski definition) is 6. The quantitative estimate of drug-likeness (QED) is 0.517. The van der Waals surface area contributed by atoms with Crippen LogP contribution in [0.2, 0.25) is 0 Å². The summed E-state index contributed by atoms with van der Waals surface area (Å²) in [5.74, 6) is -1.21. The third-order valence-electron chi connectivity index (χ3n) is 7.76. The molecule has 0 aliphatic carbocycles. The number of likely N-dealkylation sites (tertiary alicyclic amines) is 1. The normalized spacial score (nSPS) is 19.2. The molecule has 3 N–H and O–H groups in total. The van der Waals surface area contributed by atoms with Crippen molar-refractivity contribution in [3.63, 3.8) is 0 Å². The number of rotatable bonds is 7. The molecule has 2 aromatic rings. The van der Waals surface area contributed by atoms with Crippen molar-refractivity contribution in [2.75, 3.05) is 45.7 Å². The lowest BCUT2D eigenvalue weighted by Gasteiger charge is -2.29. The fourth-order valence-electron chi connectivity index (χ4n) is 5.29. The Hall–Kier alpha value is -4.05. The SMILES string of the molecule is CN=C(C=CN)c1ccc2c(c1)N(C)C(=O)[C@@H](C)N(Cc1cc(F)cc(C(=O)NCC3CCN(C)CC3)c1)C2=O. The van der Waals surface area contributed by atoms with Gasteiger partial charge in [0.25, 0.3) is 11.8 Å². The van der Waals surface area contributed by atoms with Gasteiger partial charge in [-0.05, 0) is 94.0 Å². The number of aliphatic imine (C=N–C) groups is 1. The molecular formula is C30H37FN6O3. The molecule has 0 aromatic heterocycles. The summed E-state index contributed by atoms with van der Waals surface area (Å²) >= 11 is 0. The van der Waals surface area contributed by atoms with Crippen molar-refractivity contribution < 1.29 is 18.8 Å². The highest BCUT2D eigenvalue weighted by Gasteiger charge is 2.36. The average molecular weight is 549 g/mol. The highest BCUT2D eigenvalue weighted by atomic mass is 19.1. The molecule has 0 spiro atoms. The molecule has 0 unspecified atom stereocenters. The summed E-state index contributed by atoms with van der Waals surface area (Å²) < 4.78 is 14.7. The Balaban J connectivity index is 1.57. The second-order valence-corrected chi connectivity index (χ2v) is 10.5. The lowest BCUT2D eigenvalue weighted by Crippen LogP contribution is -2.45. The number of halogens is 1. The van der Waals surface area contributed by atoms with Crippen LogP contribution in [0, 0.1) is 11.7 Å². The first-order valence-electron chi connectivity index (χ1n) is 13.5. The first kappa shape index (κ1) is 28.9. The Labute approximate surface area is 234 Å². The van der Waals surface area contributed by atoms with Crippen molar-refractivity contribution in [3.8, 4) is 0 Å². The Morgan fingerprint density at radius 3 is 2.52 bits per heavy atom. The third kappa shape index (κ3) is 6.22. The van der Waals surface area contributed by atoms with E-state index in [1.165, 1.54) is 28.1 Å². The molecule has 1 fully saturated rings. The van der Waals surface area contributed by atoms with Crippen molar-refractivity contribution in [1.29, 1.82) is 0 Å². The Morgan fingerprint density at radius 2 is 1.85 bits per heavy atom. The van der Waals surface area contributed by atoms with Gasteiger partial charge in [0.2, 0.25) is 5.91 Å². The van der Waals surface area contributed by atoms with E-state index in [2.05, 4.69) is 22.3 Å². The van der Waals surface area contributed by atoms with Crippen LogP contribution in [-0.2, 0) is 11.3 Å². The smallest absolute Gasteiger partial charge is 0.256 e. The summed E-state index contributed by atoms with van der Waals surface area (Å²) in [7, 11) is 5.33. The van der Waals surface area contributed by atoms with Crippen molar-refractivity contribution in [1.82, 2.24) is 15.1 Å². The number of nitrogens with zero attached hydrogens (tertiary/aromatic N) is 4. The van der Waals surface area contributed by atoms with Crippen LogP contribution in [-0.4, -0.2) is 80.1 Å². The molecule has 2 aliphatic rings. The number of likely N-dealkylation sites (N-methyl/N-ethyl adjacent to an activating group) is 1. The Bertz CT molecular complexity index is 1350. The molecular weight excluding hydrogens is 511 g/mol. The highest BCUT2D eigenvalue weighted by molar-refractivity contribution is 6.14. The zero-order valence-electron chi connectivity index (χ0n) is 23.5. The number of nitrogens with one attached hydrogen (secondary N) is 1. The zero-order valence-corrected chi connectivity index (χ0v) is 23.5. The minimum Gasteiger partial charge on any atom is -0.405 e. The molecule has 4 rings (SSSR count). The van der Waals surface area contributed by atoms with Gasteiger partial charge in [0.05, 0.1) is 17.0 Å². The molecule has 40 heavy (non-hydrogen) atoms. The number of carbonyl (C=O) groups excluding carboxylic acids is 3. The number of nitrogens with two attached hydrogens (primary N) is 1. The maximum atomic E-state index is 14.7. The van der Waals surface area contributed by atoms with Crippen LogP contribution in [0.5, 0.6) is 0 Å². The summed E-state index contributed by atoms with van der Waals surface area (Å²) in [5.41, 5.74) is 8.25. The largest absolute Gasteiger partial charge is 0.405 e. The Kier molecular flexibility index (Phi) is 8.99. The number of hydrogen-bond donors (Lipinski definition) is 2. The highest BCUT2D eigenvalue weighted by Crippen LogP contribution is 2.30. The van der Waals surface area contributed by atoms with Gasteiger partial charge in [-0.3, -0.25) is 19.4 Å². The molecule has 0 radical (unpaired) electrons. The molecule has 2 heterocycles. The van der Waals surface area contributed by atoms with Gasteiger partial charge in [0, 0.05) is 38.3 Å². The van der Waals surface area contributed by atoms with Gasteiger partial charge in [-0.25, -0.2) is 4.39 Å². The van der Waals surface area contributed by atoms with E-state index in [9.17, 15) is 18.8 Å². The molecule has 2 aromatic carbocycles. The molecule has 2 aliphatic heterocycles. The second-order valence-electron chi connectivity index (χ2n) is 10.5. The van der Waals surface area contributed by atoms with E-state index in [0.29, 0.717) is 40.6 Å². The van der Waals surface area contributed by atoms with E-state index in [0.717, 1.165) is 25.9 Å². The molecule has 1 atom stereocenters. The maximum absolute atomic E-state index is 14.7. The minimum absolute atomic E-state index is 0.0364. The first-order chi connectivity index (χ1) is 19.1. The fourth-order valence-corrected chi connectivity index (χ4v) is 5.29. The van der Waals surface area contributed by atoms with E-state index in [-0.39, 0.29) is 29.8 Å². The molecule has 1 saturated heterocycles.